The SMILES string of the molecule is O=c1c(OC2CCCCC2)c(N2CC[NH+](S(=O)[O-])CC2)cnn1-c1cc(F)cc(F)c1. The molecule has 2 heterocycles. The number of quaternary nitrogens is 1. The lowest BCUT2D eigenvalue weighted by Crippen LogP contribution is -3.14. The van der Waals surface area contributed by atoms with Crippen molar-refractivity contribution in [1.29, 1.82) is 0 Å². The number of nitrogens with one attached hydrogen (secondary N) is 1. The molecule has 1 N–H and O–H groups in total. The highest BCUT2D eigenvalue weighted by atomic mass is 32.2. The number of benzene rings is 1. The van der Waals surface area contributed by atoms with Crippen molar-refractivity contribution in [2.45, 2.75) is 38.2 Å². The van der Waals surface area contributed by atoms with Crippen molar-refractivity contribution in [3.8, 4) is 11.4 Å². The van der Waals surface area contributed by atoms with Crippen LogP contribution >= 0.6 is 0 Å². The molecule has 2 aromatic rings. The minimum atomic E-state index is -2.22. The Morgan fingerprint density at radius 2 is 1.74 bits per heavy atom. The molecule has 1 unspecified atom stereocenters. The predicted octanol–water partition coefficient (Wildman–Crippen LogP) is 0.721. The van der Waals surface area contributed by atoms with Gasteiger partial charge in [0.2, 0.25) is 5.75 Å². The Hall–Kier alpha value is -2.37. The van der Waals surface area contributed by atoms with E-state index < -0.39 is 28.5 Å². The Morgan fingerprint density at radius 1 is 1.10 bits per heavy atom. The van der Waals surface area contributed by atoms with Crippen molar-refractivity contribution in [3.05, 3.63) is 46.4 Å². The first-order valence-corrected chi connectivity index (χ1v) is 11.4. The van der Waals surface area contributed by atoms with Crippen molar-refractivity contribution < 1.29 is 26.6 Å². The van der Waals surface area contributed by atoms with Crippen molar-refractivity contribution in [2.24, 2.45) is 0 Å². The number of piperazine rings is 1. The van der Waals surface area contributed by atoms with Gasteiger partial charge in [-0.25, -0.2) is 13.0 Å². The summed E-state index contributed by atoms with van der Waals surface area (Å²) < 4.78 is 57.4. The molecule has 8 nitrogen and oxygen atoms in total. The molecule has 1 aliphatic heterocycles. The van der Waals surface area contributed by atoms with Crippen molar-refractivity contribution >= 4 is 17.0 Å². The molecule has 168 valence electrons. The van der Waals surface area contributed by atoms with E-state index in [1.807, 2.05) is 4.90 Å². The molecule has 1 saturated carbocycles. The van der Waals surface area contributed by atoms with E-state index in [-0.39, 0.29) is 17.5 Å². The van der Waals surface area contributed by atoms with Crippen molar-refractivity contribution in [2.75, 3.05) is 31.1 Å². The zero-order chi connectivity index (χ0) is 22.0. The molecule has 31 heavy (non-hydrogen) atoms. The van der Waals surface area contributed by atoms with E-state index in [2.05, 4.69) is 5.10 Å². The Bertz CT molecular complexity index is 1000. The van der Waals surface area contributed by atoms with Crippen LogP contribution in [0.15, 0.2) is 29.2 Å². The number of nitrogens with zero attached hydrogens (tertiary/aromatic N) is 3. The molecule has 0 radical (unpaired) electrons. The Morgan fingerprint density at radius 3 is 2.35 bits per heavy atom. The van der Waals surface area contributed by atoms with Crippen molar-refractivity contribution in [3.63, 3.8) is 0 Å². The summed E-state index contributed by atoms with van der Waals surface area (Å²) in [6.07, 6.45) is 6.10. The molecule has 0 bridgehead atoms. The third kappa shape index (κ3) is 4.94. The average molecular weight is 454 g/mol. The third-order valence-electron chi connectivity index (χ3n) is 5.74. The summed E-state index contributed by atoms with van der Waals surface area (Å²) in [7, 11) is 0. The van der Waals surface area contributed by atoms with Crippen LogP contribution in [0.5, 0.6) is 5.75 Å². The Labute approximate surface area is 180 Å². The standard InChI is InChI=1S/C20H24F2N4O4S/c21-14-10-15(22)12-16(11-14)26-20(27)19(30-17-4-2-1-3-5-17)18(13-23-26)24-6-8-25(9-7-24)31(28)29/h10-13,17H,1-9H2,(H,28,29). The van der Waals surface area contributed by atoms with Crippen LogP contribution in [0.4, 0.5) is 14.5 Å². The second-order valence-corrected chi connectivity index (χ2v) is 8.89. The van der Waals surface area contributed by atoms with Gasteiger partial charge >= 0.3 is 5.56 Å². The highest BCUT2D eigenvalue weighted by molar-refractivity contribution is 7.72. The second kappa shape index (κ2) is 9.41. The summed E-state index contributed by atoms with van der Waals surface area (Å²) in [5, 5.41) is 4.13. The fourth-order valence-electron chi connectivity index (χ4n) is 4.12. The molecule has 2 aliphatic rings. The molecule has 1 aromatic heterocycles. The molecule has 1 aromatic carbocycles. The summed E-state index contributed by atoms with van der Waals surface area (Å²) >= 11 is -2.22. The van der Waals surface area contributed by atoms with Gasteiger partial charge in [0.05, 0.1) is 31.1 Å². The number of hydrogen-bond acceptors (Lipinski definition) is 6. The van der Waals surface area contributed by atoms with Crippen LogP contribution in [-0.2, 0) is 11.3 Å². The van der Waals surface area contributed by atoms with Crippen LogP contribution in [0.25, 0.3) is 5.69 Å². The topological polar surface area (TPSA) is 91.9 Å². The van der Waals surface area contributed by atoms with E-state index in [4.69, 9.17) is 4.74 Å². The van der Waals surface area contributed by atoms with Gasteiger partial charge < -0.3 is 14.2 Å². The van der Waals surface area contributed by atoms with Gasteiger partial charge in [0, 0.05) is 6.07 Å². The fraction of sp³-hybridized carbons (Fsp3) is 0.500. The summed E-state index contributed by atoms with van der Waals surface area (Å²) in [5.74, 6) is -1.54. The lowest BCUT2D eigenvalue weighted by molar-refractivity contribution is -0.768. The third-order valence-corrected chi connectivity index (χ3v) is 6.62. The number of rotatable bonds is 5. The molecule has 1 atom stereocenters. The fourth-order valence-corrected chi connectivity index (χ4v) is 4.64. The molecule has 1 saturated heterocycles. The molecule has 0 amide bonds. The van der Waals surface area contributed by atoms with Crippen LogP contribution in [0.2, 0.25) is 0 Å². The van der Waals surface area contributed by atoms with Crippen LogP contribution < -0.4 is 19.5 Å². The molecular formula is C20H24F2N4O4S. The van der Waals surface area contributed by atoms with E-state index in [1.165, 1.54) is 6.20 Å². The summed E-state index contributed by atoms with van der Waals surface area (Å²) in [5.41, 5.74) is -0.159. The van der Waals surface area contributed by atoms with E-state index >= 15 is 0 Å². The monoisotopic (exact) mass is 454 g/mol. The maximum Gasteiger partial charge on any atom is 0.316 e. The van der Waals surface area contributed by atoms with Gasteiger partial charge in [-0.05, 0) is 37.8 Å². The molecule has 4 rings (SSSR count). The van der Waals surface area contributed by atoms with Crippen LogP contribution in [0.3, 0.4) is 0 Å². The average Bonchev–Trinajstić information content (AvgIpc) is 2.75. The maximum absolute atomic E-state index is 13.7. The minimum Gasteiger partial charge on any atom is -0.724 e. The summed E-state index contributed by atoms with van der Waals surface area (Å²) in [6.45, 7) is 1.53. The first-order chi connectivity index (χ1) is 14.9. The van der Waals surface area contributed by atoms with Crippen LogP contribution in [0, 0.1) is 11.6 Å². The molecule has 2 fully saturated rings. The number of ether oxygens (including phenoxy) is 1. The zero-order valence-corrected chi connectivity index (χ0v) is 17.7. The summed E-state index contributed by atoms with van der Waals surface area (Å²) in [6, 6.07) is 2.80. The van der Waals surface area contributed by atoms with Crippen LogP contribution in [-0.4, -0.2) is 50.8 Å². The smallest absolute Gasteiger partial charge is 0.316 e. The number of aromatic nitrogens is 2. The maximum atomic E-state index is 13.7. The van der Waals surface area contributed by atoms with Gasteiger partial charge in [0.1, 0.15) is 41.7 Å². The van der Waals surface area contributed by atoms with E-state index in [0.29, 0.717) is 36.2 Å². The number of hydrogen-bond donors (Lipinski definition) is 1. The number of halogens is 2. The molecular weight excluding hydrogens is 430 g/mol. The lowest BCUT2D eigenvalue weighted by atomic mass is 9.98. The van der Waals surface area contributed by atoms with Crippen molar-refractivity contribution in [1.82, 2.24) is 9.78 Å². The van der Waals surface area contributed by atoms with E-state index in [9.17, 15) is 22.3 Å². The Kier molecular flexibility index (Phi) is 6.63. The Balaban J connectivity index is 1.71. The highest BCUT2D eigenvalue weighted by Gasteiger charge is 2.28. The summed E-state index contributed by atoms with van der Waals surface area (Å²) in [4.78, 5) is 15.2. The zero-order valence-electron chi connectivity index (χ0n) is 16.9. The van der Waals surface area contributed by atoms with Crippen LogP contribution in [0.1, 0.15) is 32.1 Å². The van der Waals surface area contributed by atoms with Gasteiger partial charge in [-0.15, -0.1) is 0 Å². The van der Waals surface area contributed by atoms with E-state index in [0.717, 1.165) is 55.0 Å². The van der Waals surface area contributed by atoms with Gasteiger partial charge in [0.25, 0.3) is 0 Å². The largest absolute Gasteiger partial charge is 0.724 e. The first-order valence-electron chi connectivity index (χ1n) is 10.4. The van der Waals surface area contributed by atoms with Gasteiger partial charge in [-0.1, -0.05) is 6.42 Å². The normalized spacial score (nSPS) is 19.4. The molecule has 11 heteroatoms. The lowest BCUT2D eigenvalue weighted by Gasteiger charge is -2.34. The first kappa shape index (κ1) is 21.8. The molecule has 0 spiro atoms. The van der Waals surface area contributed by atoms with Gasteiger partial charge in [0.15, 0.2) is 0 Å². The second-order valence-electron chi connectivity index (χ2n) is 7.84. The quantitative estimate of drug-likeness (QED) is 0.670. The number of anilines is 1. The van der Waals surface area contributed by atoms with Gasteiger partial charge in [-0.3, -0.25) is 9.10 Å². The predicted molar refractivity (Wildman–Crippen MR) is 109 cm³/mol. The highest BCUT2D eigenvalue weighted by Crippen LogP contribution is 2.29. The minimum absolute atomic E-state index is 0.0291. The van der Waals surface area contributed by atoms with Gasteiger partial charge in [-0.2, -0.15) is 9.78 Å². The van der Waals surface area contributed by atoms with E-state index in [1.54, 1.807) is 0 Å². The molecule has 1 aliphatic carbocycles.